The van der Waals surface area contributed by atoms with E-state index in [1.165, 1.54) is 19.3 Å². The smallest absolute Gasteiger partial charge is 0.181 e. The summed E-state index contributed by atoms with van der Waals surface area (Å²) in [5.41, 5.74) is 1.42. The van der Waals surface area contributed by atoms with E-state index in [0.717, 1.165) is 16.8 Å². The van der Waals surface area contributed by atoms with E-state index < -0.39 is 0 Å². The van der Waals surface area contributed by atoms with Gasteiger partial charge in [0.2, 0.25) is 0 Å². The van der Waals surface area contributed by atoms with Crippen molar-refractivity contribution in [3.63, 3.8) is 0 Å². The molecule has 0 aromatic carbocycles. The molecule has 0 atom stereocenters. The zero-order valence-electron chi connectivity index (χ0n) is 7.14. The first kappa shape index (κ1) is 8.30. The second-order valence-electron chi connectivity index (χ2n) is 3.40. The standard InChI is InChI=1S/C9H12BrNO/c1-2-9(3-4-9)8-7(5-10)11-6-12-8/h6H,2-5H2,1H3. The third-order valence-electron chi connectivity index (χ3n) is 2.78. The van der Waals surface area contributed by atoms with Crippen LogP contribution < -0.4 is 0 Å². The van der Waals surface area contributed by atoms with Crippen molar-refractivity contribution in [2.45, 2.75) is 36.9 Å². The lowest BCUT2D eigenvalue weighted by atomic mass is 9.99. The highest BCUT2D eigenvalue weighted by atomic mass is 79.9. The maximum Gasteiger partial charge on any atom is 0.181 e. The lowest BCUT2D eigenvalue weighted by molar-refractivity contribution is 0.438. The van der Waals surface area contributed by atoms with Gasteiger partial charge in [0.15, 0.2) is 6.39 Å². The molecule has 1 fully saturated rings. The van der Waals surface area contributed by atoms with Crippen LogP contribution in [0.2, 0.25) is 0 Å². The molecule has 1 heterocycles. The number of oxazole rings is 1. The molecular formula is C9H12BrNO. The highest BCUT2D eigenvalue weighted by Gasteiger charge is 2.46. The van der Waals surface area contributed by atoms with Gasteiger partial charge in [-0.25, -0.2) is 4.98 Å². The van der Waals surface area contributed by atoms with E-state index in [4.69, 9.17) is 4.42 Å². The molecule has 1 aromatic heterocycles. The highest BCUT2D eigenvalue weighted by Crippen LogP contribution is 2.51. The maximum absolute atomic E-state index is 5.43. The van der Waals surface area contributed by atoms with Crippen LogP contribution >= 0.6 is 15.9 Å². The highest BCUT2D eigenvalue weighted by molar-refractivity contribution is 9.08. The lowest BCUT2D eigenvalue weighted by Crippen LogP contribution is -2.05. The predicted octanol–water partition coefficient (Wildman–Crippen LogP) is 3.01. The van der Waals surface area contributed by atoms with Crippen LogP contribution in [0.1, 0.15) is 37.6 Å². The Bertz CT molecular complexity index is 278. The number of rotatable bonds is 3. The van der Waals surface area contributed by atoms with E-state index in [-0.39, 0.29) is 0 Å². The maximum atomic E-state index is 5.43. The first-order valence-electron chi connectivity index (χ1n) is 4.31. The van der Waals surface area contributed by atoms with Gasteiger partial charge in [0.1, 0.15) is 5.76 Å². The Balaban J connectivity index is 2.32. The minimum atomic E-state index is 0.347. The van der Waals surface area contributed by atoms with E-state index >= 15 is 0 Å². The summed E-state index contributed by atoms with van der Waals surface area (Å²) in [6.45, 7) is 2.22. The molecule has 0 amide bonds. The summed E-state index contributed by atoms with van der Waals surface area (Å²) in [4.78, 5) is 4.18. The summed E-state index contributed by atoms with van der Waals surface area (Å²) >= 11 is 3.41. The average Bonchev–Trinajstić information content (AvgIpc) is 2.76. The van der Waals surface area contributed by atoms with Crippen LogP contribution in [0.15, 0.2) is 10.8 Å². The van der Waals surface area contributed by atoms with Crippen LogP contribution in [0.4, 0.5) is 0 Å². The molecule has 3 heteroatoms. The molecule has 0 saturated heterocycles. The Morgan fingerprint density at radius 2 is 2.42 bits per heavy atom. The van der Waals surface area contributed by atoms with E-state index in [2.05, 4.69) is 27.8 Å². The molecule has 0 radical (unpaired) electrons. The molecule has 0 unspecified atom stereocenters. The second kappa shape index (κ2) is 2.87. The summed E-state index contributed by atoms with van der Waals surface area (Å²) in [5.74, 6) is 1.11. The van der Waals surface area contributed by atoms with Gasteiger partial charge in [-0.1, -0.05) is 22.9 Å². The van der Waals surface area contributed by atoms with E-state index in [1.807, 2.05) is 0 Å². The fraction of sp³-hybridized carbons (Fsp3) is 0.667. The molecule has 0 spiro atoms. The summed E-state index contributed by atoms with van der Waals surface area (Å²) in [7, 11) is 0. The third-order valence-corrected chi connectivity index (χ3v) is 3.31. The van der Waals surface area contributed by atoms with Gasteiger partial charge in [0.25, 0.3) is 0 Å². The zero-order chi connectivity index (χ0) is 8.60. The van der Waals surface area contributed by atoms with Crippen LogP contribution in [0, 0.1) is 0 Å². The van der Waals surface area contributed by atoms with Crippen molar-refractivity contribution in [1.82, 2.24) is 4.98 Å². The number of halogens is 1. The van der Waals surface area contributed by atoms with Crippen molar-refractivity contribution in [2.24, 2.45) is 0 Å². The number of nitrogens with zero attached hydrogens (tertiary/aromatic N) is 1. The quantitative estimate of drug-likeness (QED) is 0.746. The molecular weight excluding hydrogens is 218 g/mol. The van der Waals surface area contributed by atoms with Crippen molar-refractivity contribution in [1.29, 1.82) is 0 Å². The molecule has 2 rings (SSSR count). The third kappa shape index (κ3) is 1.11. The summed E-state index contributed by atoms with van der Waals surface area (Å²) in [6.07, 6.45) is 5.25. The molecule has 1 aliphatic carbocycles. The monoisotopic (exact) mass is 229 g/mol. The molecule has 2 nitrogen and oxygen atoms in total. The Labute approximate surface area is 80.5 Å². The molecule has 1 aromatic rings. The lowest BCUT2D eigenvalue weighted by Gasteiger charge is -2.08. The molecule has 0 bridgehead atoms. The van der Waals surface area contributed by atoms with Gasteiger partial charge in [-0.3, -0.25) is 0 Å². The Morgan fingerprint density at radius 3 is 2.92 bits per heavy atom. The van der Waals surface area contributed by atoms with Crippen molar-refractivity contribution >= 4 is 15.9 Å². The van der Waals surface area contributed by atoms with Gasteiger partial charge in [-0.05, 0) is 19.3 Å². The van der Waals surface area contributed by atoms with Crippen LogP contribution in [0.3, 0.4) is 0 Å². The van der Waals surface area contributed by atoms with Crippen molar-refractivity contribution < 1.29 is 4.42 Å². The number of hydrogen-bond donors (Lipinski definition) is 0. The topological polar surface area (TPSA) is 26.0 Å². The fourth-order valence-electron chi connectivity index (χ4n) is 1.69. The van der Waals surface area contributed by atoms with Crippen molar-refractivity contribution in [2.75, 3.05) is 0 Å². The van der Waals surface area contributed by atoms with Crippen LogP contribution in [-0.2, 0) is 10.7 Å². The summed E-state index contributed by atoms with van der Waals surface area (Å²) in [6, 6.07) is 0. The van der Waals surface area contributed by atoms with Gasteiger partial charge in [-0.15, -0.1) is 0 Å². The number of alkyl halides is 1. The molecule has 0 N–H and O–H groups in total. The minimum Gasteiger partial charge on any atom is -0.448 e. The predicted molar refractivity (Wildman–Crippen MR) is 50.3 cm³/mol. The van der Waals surface area contributed by atoms with Crippen molar-refractivity contribution in [3.05, 3.63) is 17.8 Å². The van der Waals surface area contributed by atoms with E-state index in [1.54, 1.807) is 6.39 Å². The Hall–Kier alpha value is -0.310. The minimum absolute atomic E-state index is 0.347. The van der Waals surface area contributed by atoms with Crippen LogP contribution in [0.5, 0.6) is 0 Å². The van der Waals surface area contributed by atoms with Gasteiger partial charge in [-0.2, -0.15) is 0 Å². The number of aromatic nitrogens is 1. The zero-order valence-corrected chi connectivity index (χ0v) is 8.73. The van der Waals surface area contributed by atoms with Crippen LogP contribution in [0.25, 0.3) is 0 Å². The Morgan fingerprint density at radius 1 is 1.67 bits per heavy atom. The second-order valence-corrected chi connectivity index (χ2v) is 3.96. The molecule has 1 saturated carbocycles. The van der Waals surface area contributed by atoms with Gasteiger partial charge in [0, 0.05) is 10.7 Å². The SMILES string of the molecule is CCC1(c2ocnc2CBr)CC1. The number of hydrogen-bond acceptors (Lipinski definition) is 2. The molecule has 0 aliphatic heterocycles. The van der Waals surface area contributed by atoms with Gasteiger partial charge in [0.05, 0.1) is 5.69 Å². The van der Waals surface area contributed by atoms with Gasteiger partial charge >= 0.3 is 0 Å². The summed E-state index contributed by atoms with van der Waals surface area (Å²) < 4.78 is 5.43. The summed E-state index contributed by atoms with van der Waals surface area (Å²) in [5, 5.41) is 0.806. The average molecular weight is 230 g/mol. The first-order valence-corrected chi connectivity index (χ1v) is 5.43. The first-order chi connectivity index (χ1) is 5.82. The normalized spacial score (nSPS) is 19.5. The molecule has 1 aliphatic rings. The van der Waals surface area contributed by atoms with E-state index in [0.29, 0.717) is 5.41 Å². The molecule has 12 heavy (non-hydrogen) atoms. The fourth-order valence-corrected chi connectivity index (χ4v) is 2.09. The Kier molecular flexibility index (Phi) is 1.99. The van der Waals surface area contributed by atoms with Crippen molar-refractivity contribution in [3.8, 4) is 0 Å². The molecule has 66 valence electrons. The van der Waals surface area contributed by atoms with Crippen LogP contribution in [-0.4, -0.2) is 4.98 Å². The van der Waals surface area contributed by atoms with Gasteiger partial charge < -0.3 is 4.42 Å². The largest absolute Gasteiger partial charge is 0.448 e. The van der Waals surface area contributed by atoms with E-state index in [9.17, 15) is 0 Å².